The Hall–Kier alpha value is -2.12. The number of anilines is 1. The first-order chi connectivity index (χ1) is 13.5. The van der Waals surface area contributed by atoms with Crippen molar-refractivity contribution in [2.24, 2.45) is 5.92 Å². The minimum Gasteiger partial charge on any atom is -0.497 e. The molecule has 0 unspecified atom stereocenters. The molecule has 28 heavy (non-hydrogen) atoms. The van der Waals surface area contributed by atoms with Crippen molar-refractivity contribution in [1.29, 1.82) is 0 Å². The Morgan fingerprint density at radius 1 is 1.25 bits per heavy atom. The molecule has 2 heterocycles. The Morgan fingerprint density at radius 3 is 2.46 bits per heavy atom. The molecule has 152 valence electrons. The number of thiazole rings is 1. The quantitative estimate of drug-likeness (QED) is 0.760. The number of aryl methyl sites for hydroxylation is 2. The highest BCUT2D eigenvalue weighted by atomic mass is 32.1. The predicted octanol–water partition coefficient (Wildman–Crippen LogP) is 3.89. The summed E-state index contributed by atoms with van der Waals surface area (Å²) in [5, 5.41) is 3.65. The standard InChI is InChI=1S/C21H29N3O3S/c1-14-16(3)28-21(22-14)23-20(25)15(2)24-11-9-17(10-12-24)13-27-19-7-5-18(26-4)6-8-19/h5-8,15,17H,9-13H2,1-4H3,(H,22,23,25)/t15-/m0/s1. The third-order valence-electron chi connectivity index (χ3n) is 5.38. The van der Waals surface area contributed by atoms with E-state index in [9.17, 15) is 4.79 Å². The molecule has 1 aliphatic heterocycles. The van der Waals surface area contributed by atoms with E-state index in [1.165, 1.54) is 11.3 Å². The van der Waals surface area contributed by atoms with Gasteiger partial charge in [-0.3, -0.25) is 9.69 Å². The number of nitrogens with zero attached hydrogens (tertiary/aromatic N) is 2. The van der Waals surface area contributed by atoms with Gasteiger partial charge in [-0.2, -0.15) is 0 Å². The van der Waals surface area contributed by atoms with Gasteiger partial charge in [-0.15, -0.1) is 11.3 Å². The molecular weight excluding hydrogens is 374 g/mol. The zero-order chi connectivity index (χ0) is 20.1. The van der Waals surface area contributed by atoms with Crippen LogP contribution >= 0.6 is 11.3 Å². The van der Waals surface area contributed by atoms with E-state index in [1.54, 1.807) is 7.11 Å². The number of nitrogens with one attached hydrogen (secondary N) is 1. The van der Waals surface area contributed by atoms with Crippen molar-refractivity contribution in [3.8, 4) is 11.5 Å². The van der Waals surface area contributed by atoms with Crippen LogP contribution in [0.1, 0.15) is 30.3 Å². The van der Waals surface area contributed by atoms with Crippen LogP contribution in [-0.4, -0.2) is 48.6 Å². The lowest BCUT2D eigenvalue weighted by Gasteiger charge is -2.35. The molecule has 1 aromatic carbocycles. The molecule has 6 nitrogen and oxygen atoms in total. The first-order valence-electron chi connectivity index (χ1n) is 9.72. The molecule has 2 aromatic rings. The highest BCUT2D eigenvalue weighted by molar-refractivity contribution is 7.15. The number of benzene rings is 1. The van der Waals surface area contributed by atoms with Crippen molar-refractivity contribution in [1.82, 2.24) is 9.88 Å². The lowest BCUT2D eigenvalue weighted by Crippen LogP contribution is -2.46. The van der Waals surface area contributed by atoms with Gasteiger partial charge in [0.1, 0.15) is 11.5 Å². The van der Waals surface area contributed by atoms with Crippen LogP contribution in [0.25, 0.3) is 0 Å². The molecule has 3 rings (SSSR count). The zero-order valence-corrected chi connectivity index (χ0v) is 17.8. The van der Waals surface area contributed by atoms with Crippen LogP contribution in [0.5, 0.6) is 11.5 Å². The predicted molar refractivity (Wildman–Crippen MR) is 112 cm³/mol. The van der Waals surface area contributed by atoms with Crippen LogP contribution in [0.15, 0.2) is 24.3 Å². The molecule has 1 fully saturated rings. The fraction of sp³-hybridized carbons (Fsp3) is 0.524. The summed E-state index contributed by atoms with van der Waals surface area (Å²) in [6.45, 7) is 8.46. The summed E-state index contributed by atoms with van der Waals surface area (Å²) in [5.41, 5.74) is 0.977. The monoisotopic (exact) mass is 403 g/mol. The van der Waals surface area contributed by atoms with Gasteiger partial charge in [0.05, 0.1) is 25.5 Å². The normalized spacial score (nSPS) is 16.6. The van der Waals surface area contributed by atoms with Gasteiger partial charge in [-0.25, -0.2) is 4.98 Å². The van der Waals surface area contributed by atoms with Crippen molar-refractivity contribution in [2.75, 3.05) is 32.1 Å². The molecule has 1 amide bonds. The van der Waals surface area contributed by atoms with E-state index in [4.69, 9.17) is 9.47 Å². The average molecular weight is 404 g/mol. The third-order valence-corrected chi connectivity index (χ3v) is 6.37. The van der Waals surface area contributed by atoms with E-state index in [-0.39, 0.29) is 11.9 Å². The number of hydrogen-bond donors (Lipinski definition) is 1. The summed E-state index contributed by atoms with van der Waals surface area (Å²) in [7, 11) is 1.66. The minimum absolute atomic E-state index is 0.0154. The van der Waals surface area contributed by atoms with Gasteiger partial charge >= 0.3 is 0 Å². The van der Waals surface area contributed by atoms with Crippen molar-refractivity contribution in [2.45, 2.75) is 39.7 Å². The van der Waals surface area contributed by atoms with Gasteiger partial charge < -0.3 is 14.8 Å². The van der Waals surface area contributed by atoms with Crippen molar-refractivity contribution in [3.63, 3.8) is 0 Å². The minimum atomic E-state index is -0.159. The molecule has 1 aliphatic rings. The molecule has 1 saturated heterocycles. The van der Waals surface area contributed by atoms with Gasteiger partial charge in [0.2, 0.25) is 5.91 Å². The number of hydrogen-bond acceptors (Lipinski definition) is 6. The number of ether oxygens (including phenoxy) is 2. The third kappa shape index (κ3) is 5.23. The van der Waals surface area contributed by atoms with Gasteiger partial charge in [0.15, 0.2) is 5.13 Å². The Bertz CT molecular complexity index is 763. The SMILES string of the molecule is COc1ccc(OCC2CCN([C@@H](C)C(=O)Nc3nc(C)c(C)s3)CC2)cc1. The van der Waals surface area contributed by atoms with Crippen LogP contribution < -0.4 is 14.8 Å². The van der Waals surface area contributed by atoms with Crippen molar-refractivity contribution in [3.05, 3.63) is 34.8 Å². The first kappa shape index (κ1) is 20.6. The van der Waals surface area contributed by atoms with E-state index in [1.807, 2.05) is 45.0 Å². The molecule has 7 heteroatoms. The maximum atomic E-state index is 12.6. The molecule has 0 aliphatic carbocycles. The zero-order valence-electron chi connectivity index (χ0n) is 17.0. The number of methoxy groups -OCH3 is 1. The Labute approximate surface area is 170 Å². The molecular formula is C21H29N3O3S. The highest BCUT2D eigenvalue weighted by Gasteiger charge is 2.27. The number of piperidine rings is 1. The van der Waals surface area contributed by atoms with Crippen molar-refractivity contribution < 1.29 is 14.3 Å². The van der Waals surface area contributed by atoms with Crippen LogP contribution in [0.3, 0.4) is 0 Å². The summed E-state index contributed by atoms with van der Waals surface area (Å²) in [6.07, 6.45) is 2.06. The summed E-state index contributed by atoms with van der Waals surface area (Å²) >= 11 is 1.53. The van der Waals surface area contributed by atoms with Crippen LogP contribution in [-0.2, 0) is 4.79 Å². The molecule has 1 N–H and O–H groups in total. The first-order valence-corrected chi connectivity index (χ1v) is 10.5. The van der Waals surface area contributed by atoms with E-state index in [0.29, 0.717) is 17.7 Å². The second-order valence-electron chi connectivity index (χ2n) is 7.29. The number of carbonyl (C=O) groups excluding carboxylic acids is 1. The van der Waals surface area contributed by atoms with Crippen LogP contribution in [0.4, 0.5) is 5.13 Å². The number of likely N-dealkylation sites (tertiary alicyclic amines) is 1. The van der Waals surface area contributed by atoms with Crippen LogP contribution in [0, 0.1) is 19.8 Å². The molecule has 0 spiro atoms. The van der Waals surface area contributed by atoms with E-state index in [2.05, 4.69) is 15.2 Å². The topological polar surface area (TPSA) is 63.7 Å². The Balaban J connectivity index is 1.42. The lowest BCUT2D eigenvalue weighted by atomic mass is 9.96. The average Bonchev–Trinajstić information content (AvgIpc) is 3.03. The maximum Gasteiger partial charge on any atom is 0.243 e. The van der Waals surface area contributed by atoms with Gasteiger partial charge in [-0.05, 0) is 76.9 Å². The molecule has 0 bridgehead atoms. The number of rotatable bonds is 7. The number of aromatic nitrogens is 1. The molecule has 0 saturated carbocycles. The molecule has 1 atom stereocenters. The van der Waals surface area contributed by atoms with Gasteiger partial charge in [0, 0.05) is 4.88 Å². The molecule has 0 radical (unpaired) electrons. The van der Waals surface area contributed by atoms with Gasteiger partial charge in [0.25, 0.3) is 0 Å². The fourth-order valence-electron chi connectivity index (χ4n) is 3.29. The van der Waals surface area contributed by atoms with Gasteiger partial charge in [-0.1, -0.05) is 0 Å². The Morgan fingerprint density at radius 2 is 1.89 bits per heavy atom. The van der Waals surface area contributed by atoms with E-state index in [0.717, 1.165) is 48.0 Å². The second-order valence-corrected chi connectivity index (χ2v) is 8.49. The van der Waals surface area contributed by atoms with E-state index < -0.39 is 0 Å². The number of carbonyl (C=O) groups is 1. The van der Waals surface area contributed by atoms with Crippen molar-refractivity contribution >= 4 is 22.4 Å². The highest BCUT2D eigenvalue weighted by Crippen LogP contribution is 2.24. The summed E-state index contributed by atoms with van der Waals surface area (Å²) in [5.74, 6) is 2.22. The number of amides is 1. The second kappa shape index (κ2) is 9.39. The summed E-state index contributed by atoms with van der Waals surface area (Å²) < 4.78 is 11.1. The summed E-state index contributed by atoms with van der Waals surface area (Å²) in [6, 6.07) is 7.52. The Kier molecular flexibility index (Phi) is 6.91. The maximum absolute atomic E-state index is 12.6. The summed E-state index contributed by atoms with van der Waals surface area (Å²) in [4.78, 5) is 20.3. The van der Waals surface area contributed by atoms with E-state index >= 15 is 0 Å². The van der Waals surface area contributed by atoms with Crippen LogP contribution in [0.2, 0.25) is 0 Å². The largest absolute Gasteiger partial charge is 0.497 e. The smallest absolute Gasteiger partial charge is 0.243 e. The molecule has 1 aromatic heterocycles. The lowest BCUT2D eigenvalue weighted by molar-refractivity contribution is -0.121. The fourth-order valence-corrected chi connectivity index (χ4v) is 4.11.